The molecule has 0 radical (unpaired) electrons. The molecule has 4 bridgehead atoms. The van der Waals surface area contributed by atoms with Crippen molar-refractivity contribution >= 4 is 0 Å². The number of hydrogen-bond donors (Lipinski definition) is 0. The molecule has 0 unspecified atom stereocenters. The van der Waals surface area contributed by atoms with Crippen molar-refractivity contribution in [3.8, 4) is 0 Å². The molecular formula is C27H38O. The molecule has 0 aliphatic heterocycles. The third-order valence-electron chi connectivity index (χ3n) is 6.41. The molecule has 0 saturated carbocycles. The van der Waals surface area contributed by atoms with E-state index >= 15 is 0 Å². The minimum atomic E-state index is 0.169. The average molecular weight is 379 g/mol. The zero-order valence-electron chi connectivity index (χ0n) is 19.3. The quantitative estimate of drug-likeness (QED) is 0.570. The Balaban J connectivity index is 2.13. The summed E-state index contributed by atoms with van der Waals surface area (Å²) in [7, 11) is 1.82. The second-order valence-electron chi connectivity index (χ2n) is 10.6. The van der Waals surface area contributed by atoms with Crippen LogP contribution in [0.4, 0.5) is 0 Å². The van der Waals surface area contributed by atoms with E-state index in [9.17, 15) is 0 Å². The molecule has 2 aromatic rings. The summed E-state index contributed by atoms with van der Waals surface area (Å²) in [6.07, 6.45) is 4.38. The number of rotatable bonds is 2. The van der Waals surface area contributed by atoms with Crippen molar-refractivity contribution in [2.75, 3.05) is 7.11 Å². The van der Waals surface area contributed by atoms with Crippen LogP contribution in [0.5, 0.6) is 0 Å². The van der Waals surface area contributed by atoms with Crippen molar-refractivity contribution < 1.29 is 4.74 Å². The molecule has 1 heteroatoms. The van der Waals surface area contributed by atoms with Crippen LogP contribution in [0.2, 0.25) is 0 Å². The van der Waals surface area contributed by atoms with Gasteiger partial charge in [0, 0.05) is 7.11 Å². The molecule has 3 rings (SSSR count). The second kappa shape index (κ2) is 7.67. The van der Waals surface area contributed by atoms with E-state index in [1.54, 1.807) is 0 Å². The molecule has 0 atom stereocenters. The summed E-state index contributed by atoms with van der Waals surface area (Å²) in [4.78, 5) is 0. The van der Waals surface area contributed by atoms with E-state index < -0.39 is 0 Å². The summed E-state index contributed by atoms with van der Waals surface area (Å²) in [5.74, 6) is 0. The van der Waals surface area contributed by atoms with Crippen LogP contribution in [-0.2, 0) is 47.9 Å². The summed E-state index contributed by atoms with van der Waals surface area (Å²) < 4.78 is 5.62. The van der Waals surface area contributed by atoms with Gasteiger partial charge in [0.2, 0.25) is 0 Å². The molecule has 28 heavy (non-hydrogen) atoms. The Morgan fingerprint density at radius 2 is 1.04 bits per heavy atom. The van der Waals surface area contributed by atoms with Crippen molar-refractivity contribution in [1.82, 2.24) is 0 Å². The SMILES string of the molecule is COCc1c2cc(C(C)(C)C)cc1CCc1cc(C(C)(C)C)cc(c1C)CC2. The average Bonchev–Trinajstić information content (AvgIpc) is 2.58. The standard InChI is InChI=1S/C27H38O/c1-18-19-9-11-21-15-24(27(5,6)7)16-22(25(21)17-28-8)12-10-20(18)14-23(13-19)26(2,3)4/h13-16H,9-12,17H2,1-8H3. The van der Waals surface area contributed by atoms with Crippen molar-refractivity contribution in [2.24, 2.45) is 0 Å². The Hall–Kier alpha value is -1.60. The van der Waals surface area contributed by atoms with Gasteiger partial charge in [-0.1, -0.05) is 65.8 Å². The van der Waals surface area contributed by atoms with E-state index in [1.165, 1.54) is 44.5 Å². The van der Waals surface area contributed by atoms with Gasteiger partial charge in [-0.25, -0.2) is 0 Å². The maximum Gasteiger partial charge on any atom is 0.0718 e. The van der Waals surface area contributed by atoms with Gasteiger partial charge >= 0.3 is 0 Å². The van der Waals surface area contributed by atoms with E-state index in [2.05, 4.69) is 72.7 Å². The third kappa shape index (κ3) is 4.35. The van der Waals surface area contributed by atoms with Gasteiger partial charge in [0.15, 0.2) is 0 Å². The highest BCUT2D eigenvalue weighted by molar-refractivity contribution is 5.46. The first-order valence-electron chi connectivity index (χ1n) is 10.8. The van der Waals surface area contributed by atoms with Crippen LogP contribution in [0.25, 0.3) is 0 Å². The van der Waals surface area contributed by atoms with Crippen molar-refractivity contribution in [3.63, 3.8) is 0 Å². The van der Waals surface area contributed by atoms with Gasteiger partial charge in [-0.15, -0.1) is 0 Å². The maximum atomic E-state index is 5.62. The van der Waals surface area contributed by atoms with Crippen LogP contribution in [0, 0.1) is 6.92 Å². The van der Waals surface area contributed by atoms with Crippen molar-refractivity contribution in [2.45, 2.75) is 91.6 Å². The van der Waals surface area contributed by atoms with E-state index in [-0.39, 0.29) is 10.8 Å². The summed E-state index contributed by atoms with van der Waals surface area (Å²) in [5.41, 5.74) is 12.2. The lowest BCUT2D eigenvalue weighted by Crippen LogP contribution is -2.17. The third-order valence-corrected chi connectivity index (χ3v) is 6.41. The fourth-order valence-electron chi connectivity index (χ4n) is 4.34. The predicted molar refractivity (Wildman–Crippen MR) is 121 cm³/mol. The monoisotopic (exact) mass is 378 g/mol. The highest BCUT2D eigenvalue weighted by Gasteiger charge is 2.22. The molecule has 0 spiro atoms. The molecule has 0 saturated heterocycles. The number of hydrogen-bond acceptors (Lipinski definition) is 1. The molecule has 0 amide bonds. The van der Waals surface area contributed by atoms with Crippen LogP contribution in [0.1, 0.15) is 86.1 Å². The van der Waals surface area contributed by atoms with E-state index in [4.69, 9.17) is 4.74 Å². The van der Waals surface area contributed by atoms with Gasteiger partial charge in [-0.05, 0) is 87.9 Å². The summed E-state index contributed by atoms with van der Waals surface area (Å²) in [6.45, 7) is 17.0. The zero-order valence-corrected chi connectivity index (χ0v) is 19.3. The van der Waals surface area contributed by atoms with E-state index in [0.29, 0.717) is 0 Å². The smallest absolute Gasteiger partial charge is 0.0718 e. The Morgan fingerprint density at radius 1 is 0.679 bits per heavy atom. The fourth-order valence-corrected chi connectivity index (χ4v) is 4.34. The number of aryl methyl sites for hydroxylation is 4. The Bertz CT molecular complexity index is 809. The van der Waals surface area contributed by atoms with Crippen LogP contribution in [-0.4, -0.2) is 7.11 Å². The largest absolute Gasteiger partial charge is 0.380 e. The number of ether oxygens (including phenoxy) is 1. The van der Waals surface area contributed by atoms with E-state index in [0.717, 1.165) is 32.3 Å². The zero-order chi connectivity index (χ0) is 20.7. The molecule has 0 N–H and O–H groups in total. The molecule has 1 nitrogen and oxygen atoms in total. The van der Waals surface area contributed by atoms with Crippen LogP contribution < -0.4 is 0 Å². The van der Waals surface area contributed by atoms with Crippen molar-refractivity contribution in [1.29, 1.82) is 0 Å². The van der Waals surface area contributed by atoms with Crippen LogP contribution >= 0.6 is 0 Å². The van der Waals surface area contributed by atoms with Gasteiger partial charge in [-0.2, -0.15) is 0 Å². The second-order valence-corrected chi connectivity index (χ2v) is 10.6. The lowest BCUT2D eigenvalue weighted by molar-refractivity contribution is 0.183. The molecule has 0 heterocycles. The van der Waals surface area contributed by atoms with Gasteiger partial charge in [-0.3, -0.25) is 0 Å². The van der Waals surface area contributed by atoms with Gasteiger partial charge in [0.1, 0.15) is 0 Å². The number of fused-ring (bicyclic) bond motifs is 4. The first-order chi connectivity index (χ1) is 13.0. The van der Waals surface area contributed by atoms with Gasteiger partial charge in [0.05, 0.1) is 6.61 Å². The minimum absolute atomic E-state index is 0.169. The summed E-state index contributed by atoms with van der Waals surface area (Å²) in [6, 6.07) is 9.82. The Labute approximate surface area is 172 Å². The first kappa shape index (κ1) is 21.1. The minimum Gasteiger partial charge on any atom is -0.380 e. The van der Waals surface area contributed by atoms with Crippen molar-refractivity contribution in [3.05, 3.63) is 68.8 Å². The highest BCUT2D eigenvalue weighted by atomic mass is 16.5. The lowest BCUT2D eigenvalue weighted by Gasteiger charge is -2.27. The Kier molecular flexibility index (Phi) is 5.79. The maximum absolute atomic E-state index is 5.62. The normalized spacial score (nSPS) is 14.9. The molecule has 152 valence electrons. The van der Waals surface area contributed by atoms with Gasteiger partial charge < -0.3 is 4.74 Å². The Morgan fingerprint density at radius 3 is 1.39 bits per heavy atom. The molecular weight excluding hydrogens is 340 g/mol. The summed E-state index contributed by atoms with van der Waals surface area (Å²) >= 11 is 0. The first-order valence-corrected chi connectivity index (χ1v) is 10.8. The van der Waals surface area contributed by atoms with Crippen LogP contribution in [0.15, 0.2) is 24.3 Å². The molecule has 0 aromatic heterocycles. The number of methoxy groups -OCH3 is 1. The molecule has 1 aliphatic rings. The predicted octanol–water partition coefficient (Wildman–Crippen LogP) is 6.62. The molecule has 2 aromatic carbocycles. The summed E-state index contributed by atoms with van der Waals surface area (Å²) in [5, 5.41) is 0. The van der Waals surface area contributed by atoms with Crippen LogP contribution in [0.3, 0.4) is 0 Å². The highest BCUT2D eigenvalue weighted by Crippen LogP contribution is 2.33. The lowest BCUT2D eigenvalue weighted by atomic mass is 9.78. The van der Waals surface area contributed by atoms with Gasteiger partial charge in [0.25, 0.3) is 0 Å². The number of benzene rings is 2. The molecule has 1 aliphatic carbocycles. The van der Waals surface area contributed by atoms with E-state index in [1.807, 2.05) is 7.11 Å². The molecule has 0 fully saturated rings. The topological polar surface area (TPSA) is 9.23 Å². The fraction of sp³-hybridized carbons (Fsp3) is 0.556.